The van der Waals surface area contributed by atoms with Gasteiger partial charge in [-0.25, -0.2) is 8.42 Å². The summed E-state index contributed by atoms with van der Waals surface area (Å²) >= 11 is 0. The van der Waals surface area contributed by atoms with Crippen LogP contribution in [0.3, 0.4) is 0 Å². The van der Waals surface area contributed by atoms with Crippen LogP contribution in [0, 0.1) is 79.8 Å². The van der Waals surface area contributed by atoms with E-state index in [1.54, 1.807) is 0 Å². The third-order valence-corrected chi connectivity index (χ3v) is 23.5. The molecule has 9 heteroatoms. The summed E-state index contributed by atoms with van der Waals surface area (Å²) in [6, 6.07) is 10.1. The van der Waals surface area contributed by atoms with Crippen LogP contribution in [-0.2, 0) is 35.5 Å². The van der Waals surface area contributed by atoms with Crippen LogP contribution in [0.5, 0.6) is 0 Å². The molecule has 1 unspecified atom stereocenters. The van der Waals surface area contributed by atoms with Gasteiger partial charge in [0, 0.05) is 36.6 Å². The summed E-state index contributed by atoms with van der Waals surface area (Å²) in [5, 5.41) is 4.43. The molecule has 1 N–H and O–H groups in total. The predicted molar refractivity (Wildman–Crippen MR) is 250 cm³/mol. The van der Waals surface area contributed by atoms with Crippen LogP contribution in [0.15, 0.2) is 30.3 Å². The summed E-state index contributed by atoms with van der Waals surface area (Å²) in [4.78, 5) is 29.8. The summed E-state index contributed by atoms with van der Waals surface area (Å²) < 4.78 is 37.2. The molecule has 8 nitrogen and oxygen atoms in total. The predicted octanol–water partition coefficient (Wildman–Crippen LogP) is 10.3. The summed E-state index contributed by atoms with van der Waals surface area (Å²) in [6.45, 7) is 26.9. The molecule has 9 rings (SSSR count). The normalized spacial score (nSPS) is 43.5. The molecule has 8 fully saturated rings. The van der Waals surface area contributed by atoms with E-state index in [0.717, 1.165) is 30.9 Å². The maximum absolute atomic E-state index is 14.1. The first-order valence-electron chi connectivity index (χ1n) is 25.6. The van der Waals surface area contributed by atoms with E-state index in [1.807, 2.05) is 44.2 Å². The Hall–Kier alpha value is -1.97. The third-order valence-electron chi connectivity index (χ3n) is 21.9. The van der Waals surface area contributed by atoms with Crippen molar-refractivity contribution < 1.29 is 27.5 Å². The quantitative estimate of drug-likeness (QED) is 0.219. The van der Waals surface area contributed by atoms with E-state index < -0.39 is 15.3 Å². The molecular weight excluding hydrogens is 805 g/mol. The zero-order chi connectivity index (χ0) is 45.2. The van der Waals surface area contributed by atoms with E-state index >= 15 is 0 Å². The highest BCUT2D eigenvalue weighted by Gasteiger charge is 2.72. The van der Waals surface area contributed by atoms with Gasteiger partial charge in [0.05, 0.1) is 23.3 Å². The maximum Gasteiger partial charge on any atom is 0.309 e. The molecule has 1 aromatic rings. The topological polar surface area (TPSA) is 102 Å². The number of hydrogen-bond donors (Lipinski definition) is 1. The first kappa shape index (κ1) is 46.2. The number of benzene rings is 1. The van der Waals surface area contributed by atoms with Gasteiger partial charge >= 0.3 is 11.9 Å². The number of ether oxygens (including phenoxy) is 2. The standard InChI is InChI=1S/C54H84N2O6S/c1-35(2)41(56-28-30-63(59,60)31-29-56)33-55-54-23-18-37(50(7)24-25-50)45(54)38-16-17-43-51(8)21-20-44(49(5,6)42(51)19-22-53(43,10)52(38,9)26-27-54)62-47(58)40-32-39(48(40,3)4)46(57)61-34-36-14-12-11-13-15-36/h11-15,35,37-45,55H,16-34H2,1-10H3/t37-,38-,39+,40-,41+,42+,43-,44+,45-,51+,52-,53-,54?/m1/s1. The van der Waals surface area contributed by atoms with Gasteiger partial charge in [0.2, 0.25) is 0 Å². The number of carbonyl (C=O) groups excluding carboxylic acids is 2. The molecule has 0 amide bonds. The largest absolute Gasteiger partial charge is 0.462 e. The molecule has 352 valence electrons. The van der Waals surface area contributed by atoms with Crippen LogP contribution in [-0.4, -0.2) is 74.1 Å². The van der Waals surface area contributed by atoms with Gasteiger partial charge in [-0.05, 0) is 152 Å². The number of nitrogens with one attached hydrogen (secondary N) is 1. The van der Waals surface area contributed by atoms with Crippen LogP contribution < -0.4 is 5.32 Å². The van der Waals surface area contributed by atoms with Crippen LogP contribution >= 0.6 is 0 Å². The van der Waals surface area contributed by atoms with Crippen LogP contribution in [0.4, 0.5) is 0 Å². The Morgan fingerprint density at radius 2 is 1.41 bits per heavy atom. The van der Waals surface area contributed by atoms with Crippen molar-refractivity contribution in [2.24, 2.45) is 79.8 Å². The van der Waals surface area contributed by atoms with Crippen molar-refractivity contribution >= 4 is 21.8 Å². The number of nitrogens with zero attached hydrogens (tertiary/aromatic N) is 1. The Labute approximate surface area is 381 Å². The number of sulfone groups is 1. The zero-order valence-corrected chi connectivity index (χ0v) is 41.7. The van der Waals surface area contributed by atoms with Gasteiger partial charge in [-0.1, -0.05) is 99.6 Å². The number of carbonyl (C=O) groups is 2. The van der Waals surface area contributed by atoms with Crippen molar-refractivity contribution in [3.05, 3.63) is 35.9 Å². The molecule has 13 atom stereocenters. The average Bonchev–Trinajstić information content (AvgIpc) is 3.85. The van der Waals surface area contributed by atoms with Gasteiger partial charge < -0.3 is 14.8 Å². The van der Waals surface area contributed by atoms with Crippen molar-refractivity contribution in [3.63, 3.8) is 0 Å². The molecule has 0 spiro atoms. The third kappa shape index (κ3) is 7.42. The number of rotatable bonds is 11. The molecule has 8 aliphatic rings. The SMILES string of the molecule is CC(C)[C@H](CNC12CC[C@@H](C3(C)CC3)[C@@H]1[C@H]1CC[C@@H]3[C@@]4(C)CC[C@H](OC(=O)[C@H]5C[C@@H](C(=O)OCc6ccccc6)C5(C)C)C(C)(C)[C@@H]4CC[C@@]3(C)[C@]1(C)CC2)N1CCS(=O)(=O)CC1. The van der Waals surface area contributed by atoms with E-state index in [2.05, 4.69) is 65.6 Å². The fourth-order valence-corrected chi connectivity index (χ4v) is 18.6. The van der Waals surface area contributed by atoms with Gasteiger partial charge in [-0.2, -0.15) is 0 Å². The molecule has 0 bridgehead atoms. The van der Waals surface area contributed by atoms with Gasteiger partial charge in [0.25, 0.3) is 0 Å². The fourth-order valence-electron chi connectivity index (χ4n) is 17.4. The minimum absolute atomic E-state index is 0.122. The van der Waals surface area contributed by atoms with Crippen LogP contribution in [0.1, 0.15) is 158 Å². The Kier molecular flexibility index (Phi) is 11.6. The minimum atomic E-state index is -2.92. The lowest BCUT2D eigenvalue weighted by molar-refractivity contribution is -0.250. The maximum atomic E-state index is 14.1. The Morgan fingerprint density at radius 3 is 2.06 bits per heavy atom. The highest BCUT2D eigenvalue weighted by molar-refractivity contribution is 7.91. The summed E-state index contributed by atoms with van der Waals surface area (Å²) in [5.41, 5.74) is 1.69. The van der Waals surface area contributed by atoms with E-state index in [1.165, 1.54) is 64.2 Å². The second-order valence-corrected chi connectivity index (χ2v) is 27.9. The second-order valence-electron chi connectivity index (χ2n) is 25.6. The highest BCUT2D eigenvalue weighted by atomic mass is 32.2. The first-order valence-corrected chi connectivity index (χ1v) is 27.4. The molecule has 0 aromatic heterocycles. The molecule has 1 aromatic carbocycles. The van der Waals surface area contributed by atoms with Gasteiger partial charge in [-0.15, -0.1) is 0 Å². The van der Waals surface area contributed by atoms with Gasteiger partial charge in [0.15, 0.2) is 9.84 Å². The molecule has 7 saturated carbocycles. The van der Waals surface area contributed by atoms with E-state index in [-0.39, 0.29) is 63.7 Å². The molecule has 1 heterocycles. The van der Waals surface area contributed by atoms with E-state index in [9.17, 15) is 18.0 Å². The van der Waals surface area contributed by atoms with Crippen molar-refractivity contribution in [3.8, 4) is 0 Å². The molecule has 1 saturated heterocycles. The van der Waals surface area contributed by atoms with Gasteiger partial charge in [-0.3, -0.25) is 14.5 Å². The highest BCUT2D eigenvalue weighted by Crippen LogP contribution is 2.78. The van der Waals surface area contributed by atoms with Gasteiger partial charge in [0.1, 0.15) is 12.7 Å². The molecule has 1 aliphatic heterocycles. The van der Waals surface area contributed by atoms with Crippen molar-refractivity contribution in [2.75, 3.05) is 31.1 Å². The van der Waals surface area contributed by atoms with E-state index in [0.29, 0.717) is 72.1 Å². The Bertz CT molecular complexity index is 2000. The smallest absolute Gasteiger partial charge is 0.309 e. The molecular formula is C54H84N2O6S. The fraction of sp³-hybridized carbons (Fsp3) is 0.852. The number of fused-ring (bicyclic) bond motifs is 7. The Morgan fingerprint density at radius 1 is 0.730 bits per heavy atom. The lowest BCUT2D eigenvalue weighted by Crippen LogP contribution is -2.69. The second kappa shape index (κ2) is 15.8. The summed E-state index contributed by atoms with van der Waals surface area (Å²) in [6.07, 6.45) is 15.4. The average molecular weight is 889 g/mol. The van der Waals surface area contributed by atoms with E-state index in [4.69, 9.17) is 9.47 Å². The van der Waals surface area contributed by atoms with Crippen molar-refractivity contribution in [1.82, 2.24) is 10.2 Å². The summed E-state index contributed by atoms with van der Waals surface area (Å²) in [5.74, 6) is 3.41. The number of esters is 2. The molecule has 0 radical (unpaired) electrons. The van der Waals surface area contributed by atoms with Crippen LogP contribution in [0.25, 0.3) is 0 Å². The van der Waals surface area contributed by atoms with Crippen molar-refractivity contribution in [1.29, 1.82) is 0 Å². The minimum Gasteiger partial charge on any atom is -0.462 e. The summed E-state index contributed by atoms with van der Waals surface area (Å²) in [7, 11) is -2.92. The molecule has 7 aliphatic carbocycles. The lowest BCUT2D eigenvalue weighted by Gasteiger charge is -2.73. The first-order chi connectivity index (χ1) is 29.5. The van der Waals surface area contributed by atoms with Crippen molar-refractivity contribution in [2.45, 2.75) is 177 Å². The van der Waals surface area contributed by atoms with Crippen LogP contribution in [0.2, 0.25) is 0 Å². The zero-order valence-electron chi connectivity index (χ0n) is 40.9. The molecule has 63 heavy (non-hydrogen) atoms. The monoisotopic (exact) mass is 889 g/mol. The number of hydrogen-bond acceptors (Lipinski definition) is 8. The lowest BCUT2D eigenvalue weighted by atomic mass is 9.32. The Balaban J connectivity index is 0.892.